The average molecular weight is 240 g/mol. The van der Waals surface area contributed by atoms with Crippen LogP contribution in [0.5, 0.6) is 0 Å². The number of hydrogen-bond acceptors (Lipinski definition) is 2. The molecule has 1 N–H and O–H groups in total. The summed E-state index contributed by atoms with van der Waals surface area (Å²) in [7, 11) is 0. The minimum absolute atomic E-state index is 0.0401. The highest BCUT2D eigenvalue weighted by Gasteiger charge is 2.43. The molecule has 0 aromatic carbocycles. The highest BCUT2D eigenvalue weighted by molar-refractivity contribution is 5.97. The highest BCUT2D eigenvalue weighted by Crippen LogP contribution is 2.25. The van der Waals surface area contributed by atoms with Crippen molar-refractivity contribution in [1.82, 2.24) is 10.2 Å². The third kappa shape index (κ3) is 2.99. The minimum atomic E-state index is -0.412. The third-order valence-electron chi connectivity index (χ3n) is 3.09. The number of nitrogens with one attached hydrogen (secondary N) is 1. The van der Waals surface area contributed by atoms with Crippen LogP contribution in [0.1, 0.15) is 41.5 Å². The fourth-order valence-corrected chi connectivity index (χ4v) is 2.05. The SMILES string of the molecule is CC(C)CN1C(=O)C(C(C)(C)C)NC(=O)C1C. The van der Waals surface area contributed by atoms with Crippen LogP contribution >= 0.6 is 0 Å². The van der Waals surface area contributed by atoms with Crippen LogP contribution in [0, 0.1) is 11.3 Å². The van der Waals surface area contributed by atoms with Crippen molar-refractivity contribution in [2.75, 3.05) is 6.54 Å². The molecule has 1 fully saturated rings. The molecule has 0 spiro atoms. The first-order chi connectivity index (χ1) is 7.64. The molecule has 0 bridgehead atoms. The molecular formula is C13H24N2O2. The minimum Gasteiger partial charge on any atom is -0.342 e. The monoisotopic (exact) mass is 240 g/mol. The molecule has 0 aromatic rings. The Balaban J connectivity index is 2.95. The second-order valence-corrected chi connectivity index (χ2v) is 6.37. The van der Waals surface area contributed by atoms with Crippen molar-refractivity contribution in [2.45, 2.75) is 53.6 Å². The van der Waals surface area contributed by atoms with Crippen molar-refractivity contribution >= 4 is 11.8 Å². The number of amides is 2. The summed E-state index contributed by atoms with van der Waals surface area (Å²) >= 11 is 0. The van der Waals surface area contributed by atoms with Gasteiger partial charge < -0.3 is 10.2 Å². The van der Waals surface area contributed by atoms with Crippen LogP contribution in [0.3, 0.4) is 0 Å². The predicted octanol–water partition coefficient (Wildman–Crippen LogP) is 1.40. The topological polar surface area (TPSA) is 49.4 Å². The lowest BCUT2D eigenvalue weighted by atomic mass is 9.84. The molecule has 2 unspecified atom stereocenters. The maximum Gasteiger partial charge on any atom is 0.246 e. The molecule has 2 amide bonds. The Hall–Kier alpha value is -1.06. The maximum atomic E-state index is 12.4. The standard InChI is InChI=1S/C13H24N2O2/c1-8(2)7-15-9(3)11(16)14-10(12(15)17)13(4,5)6/h8-10H,7H2,1-6H3,(H,14,16). The molecular weight excluding hydrogens is 216 g/mol. The average Bonchev–Trinajstić information content (AvgIpc) is 2.16. The molecule has 98 valence electrons. The number of rotatable bonds is 2. The Bertz CT molecular complexity index is 318. The van der Waals surface area contributed by atoms with E-state index in [1.807, 2.05) is 20.8 Å². The summed E-state index contributed by atoms with van der Waals surface area (Å²) < 4.78 is 0. The molecule has 1 aliphatic heterocycles. The molecule has 0 radical (unpaired) electrons. The summed E-state index contributed by atoms with van der Waals surface area (Å²) in [6.45, 7) is 12.4. The smallest absolute Gasteiger partial charge is 0.246 e. The van der Waals surface area contributed by atoms with E-state index >= 15 is 0 Å². The van der Waals surface area contributed by atoms with Crippen LogP contribution in [-0.4, -0.2) is 35.3 Å². The van der Waals surface area contributed by atoms with Gasteiger partial charge in [-0.05, 0) is 18.3 Å². The van der Waals surface area contributed by atoms with Crippen molar-refractivity contribution in [2.24, 2.45) is 11.3 Å². The van der Waals surface area contributed by atoms with Gasteiger partial charge in [-0.25, -0.2) is 0 Å². The van der Waals surface area contributed by atoms with E-state index < -0.39 is 6.04 Å². The van der Waals surface area contributed by atoms with Crippen LogP contribution < -0.4 is 5.32 Å². The summed E-state index contributed by atoms with van der Waals surface area (Å²) in [4.78, 5) is 26.0. The zero-order valence-corrected chi connectivity index (χ0v) is 11.7. The van der Waals surface area contributed by atoms with Crippen molar-refractivity contribution in [3.63, 3.8) is 0 Å². The van der Waals surface area contributed by atoms with Gasteiger partial charge in [0, 0.05) is 6.54 Å². The third-order valence-corrected chi connectivity index (χ3v) is 3.09. The van der Waals surface area contributed by atoms with Gasteiger partial charge >= 0.3 is 0 Å². The molecule has 17 heavy (non-hydrogen) atoms. The lowest BCUT2D eigenvalue weighted by Crippen LogP contribution is -2.66. The molecule has 0 saturated carbocycles. The van der Waals surface area contributed by atoms with Crippen LogP contribution in [-0.2, 0) is 9.59 Å². The summed E-state index contributed by atoms with van der Waals surface area (Å²) in [6.07, 6.45) is 0. The number of piperazine rings is 1. The highest BCUT2D eigenvalue weighted by atomic mass is 16.2. The molecule has 0 aromatic heterocycles. The number of nitrogens with zero attached hydrogens (tertiary/aromatic N) is 1. The second-order valence-electron chi connectivity index (χ2n) is 6.37. The van der Waals surface area contributed by atoms with Gasteiger partial charge in [-0.2, -0.15) is 0 Å². The Kier molecular flexibility index (Phi) is 3.84. The van der Waals surface area contributed by atoms with E-state index in [1.165, 1.54) is 0 Å². The molecule has 1 aliphatic rings. The van der Waals surface area contributed by atoms with Gasteiger partial charge in [-0.3, -0.25) is 9.59 Å². The first-order valence-electron chi connectivity index (χ1n) is 6.25. The fourth-order valence-electron chi connectivity index (χ4n) is 2.05. The van der Waals surface area contributed by atoms with E-state index in [1.54, 1.807) is 11.8 Å². The number of carbonyl (C=O) groups is 2. The van der Waals surface area contributed by atoms with Gasteiger partial charge in [0.2, 0.25) is 11.8 Å². The van der Waals surface area contributed by atoms with E-state index in [0.29, 0.717) is 12.5 Å². The van der Waals surface area contributed by atoms with Gasteiger partial charge in [-0.1, -0.05) is 34.6 Å². The first kappa shape index (κ1) is 14.0. The van der Waals surface area contributed by atoms with Gasteiger partial charge in [0.05, 0.1) is 0 Å². The Morgan fingerprint density at radius 2 is 1.82 bits per heavy atom. The lowest BCUT2D eigenvalue weighted by molar-refractivity contribution is -0.152. The van der Waals surface area contributed by atoms with Crippen molar-refractivity contribution in [1.29, 1.82) is 0 Å². The van der Waals surface area contributed by atoms with Crippen LogP contribution in [0.2, 0.25) is 0 Å². The second kappa shape index (κ2) is 4.67. The molecule has 4 nitrogen and oxygen atoms in total. The van der Waals surface area contributed by atoms with Crippen molar-refractivity contribution in [3.8, 4) is 0 Å². The molecule has 2 atom stereocenters. The van der Waals surface area contributed by atoms with E-state index in [-0.39, 0.29) is 23.3 Å². The summed E-state index contributed by atoms with van der Waals surface area (Å²) in [5.41, 5.74) is -0.248. The van der Waals surface area contributed by atoms with Crippen molar-refractivity contribution < 1.29 is 9.59 Å². The first-order valence-corrected chi connectivity index (χ1v) is 6.25. The number of hydrogen-bond donors (Lipinski definition) is 1. The van der Waals surface area contributed by atoms with Crippen LogP contribution in [0.4, 0.5) is 0 Å². The van der Waals surface area contributed by atoms with Crippen molar-refractivity contribution in [3.05, 3.63) is 0 Å². The largest absolute Gasteiger partial charge is 0.342 e. The quantitative estimate of drug-likeness (QED) is 0.793. The zero-order chi connectivity index (χ0) is 13.4. The Morgan fingerprint density at radius 1 is 1.29 bits per heavy atom. The summed E-state index contributed by atoms with van der Waals surface area (Å²) in [6, 6.07) is -0.770. The van der Waals surface area contributed by atoms with E-state index in [4.69, 9.17) is 0 Å². The van der Waals surface area contributed by atoms with Gasteiger partial charge in [0.25, 0.3) is 0 Å². The molecule has 1 heterocycles. The summed E-state index contributed by atoms with van der Waals surface area (Å²) in [5, 5.41) is 2.83. The molecule has 0 aliphatic carbocycles. The molecule has 4 heteroatoms. The van der Waals surface area contributed by atoms with Gasteiger partial charge in [0.15, 0.2) is 0 Å². The van der Waals surface area contributed by atoms with E-state index in [9.17, 15) is 9.59 Å². The number of carbonyl (C=O) groups excluding carboxylic acids is 2. The van der Waals surface area contributed by atoms with Gasteiger partial charge in [0.1, 0.15) is 12.1 Å². The van der Waals surface area contributed by atoms with Crippen LogP contribution in [0.15, 0.2) is 0 Å². The fraction of sp³-hybridized carbons (Fsp3) is 0.846. The molecule has 1 rings (SSSR count). The Labute approximate surface area is 104 Å². The molecule has 1 saturated heterocycles. The normalized spacial score (nSPS) is 26.4. The summed E-state index contributed by atoms with van der Waals surface area (Å²) in [5.74, 6) is 0.358. The van der Waals surface area contributed by atoms with E-state index in [0.717, 1.165) is 0 Å². The predicted molar refractivity (Wildman–Crippen MR) is 67.4 cm³/mol. The van der Waals surface area contributed by atoms with Gasteiger partial charge in [-0.15, -0.1) is 0 Å². The van der Waals surface area contributed by atoms with E-state index in [2.05, 4.69) is 19.2 Å². The van der Waals surface area contributed by atoms with Crippen LogP contribution in [0.25, 0.3) is 0 Å². The Morgan fingerprint density at radius 3 is 2.24 bits per heavy atom. The maximum absolute atomic E-state index is 12.4. The lowest BCUT2D eigenvalue weighted by Gasteiger charge is -2.42. The zero-order valence-electron chi connectivity index (χ0n) is 11.7.